The lowest BCUT2D eigenvalue weighted by Crippen LogP contribution is -2.13. The molecule has 0 atom stereocenters. The smallest absolute Gasteiger partial charge is 0.00994 e. The van der Waals surface area contributed by atoms with Crippen LogP contribution in [0, 0.1) is 0 Å². The van der Waals surface area contributed by atoms with Crippen molar-refractivity contribution in [2.45, 2.75) is 38.1 Å². The highest BCUT2D eigenvalue weighted by Crippen LogP contribution is 2.25. The van der Waals surface area contributed by atoms with E-state index in [0.717, 1.165) is 0 Å². The zero-order chi connectivity index (χ0) is 8.91. The van der Waals surface area contributed by atoms with E-state index in [2.05, 4.69) is 32.8 Å². The SMILES string of the molecule is CN(C)CCCCC(C)(C)[SiH3]. The van der Waals surface area contributed by atoms with E-state index in [1.807, 2.05) is 0 Å². The number of nitrogens with zero attached hydrogens (tertiary/aromatic N) is 1. The molecule has 0 aliphatic heterocycles. The maximum atomic E-state index is 2.37. The Hall–Kier alpha value is 0.177. The third-order valence-corrected chi connectivity index (χ3v) is 2.28. The van der Waals surface area contributed by atoms with Crippen molar-refractivity contribution in [3.05, 3.63) is 0 Å². The average molecular weight is 173 g/mol. The van der Waals surface area contributed by atoms with Gasteiger partial charge in [-0.05, 0) is 32.1 Å². The summed E-state index contributed by atoms with van der Waals surface area (Å²) in [6.07, 6.45) is 4.17. The molecule has 0 saturated heterocycles. The Labute approximate surface area is 74.6 Å². The van der Waals surface area contributed by atoms with Gasteiger partial charge in [0.15, 0.2) is 0 Å². The summed E-state index contributed by atoms with van der Waals surface area (Å²) in [5.74, 6) is 0. The van der Waals surface area contributed by atoms with Gasteiger partial charge in [-0.2, -0.15) is 0 Å². The van der Waals surface area contributed by atoms with Crippen LogP contribution in [0.5, 0.6) is 0 Å². The molecule has 0 fully saturated rings. The minimum atomic E-state index is 0.659. The first-order chi connectivity index (χ1) is 4.92. The summed E-state index contributed by atoms with van der Waals surface area (Å²) in [4.78, 5) is 2.26. The van der Waals surface area contributed by atoms with Crippen LogP contribution in [0.4, 0.5) is 0 Å². The van der Waals surface area contributed by atoms with Crippen molar-refractivity contribution < 1.29 is 0 Å². The number of hydrogen-bond acceptors (Lipinski definition) is 1. The fourth-order valence-electron chi connectivity index (χ4n) is 1.08. The lowest BCUT2D eigenvalue weighted by Gasteiger charge is -2.18. The standard InChI is InChI=1S/C9H23NSi/c1-9(2,11)7-5-6-8-10(3)4/h5-8H2,1-4,11H3. The average Bonchev–Trinajstić information content (AvgIpc) is 1.78. The van der Waals surface area contributed by atoms with E-state index < -0.39 is 0 Å². The van der Waals surface area contributed by atoms with Gasteiger partial charge in [0.05, 0.1) is 0 Å². The number of rotatable bonds is 5. The van der Waals surface area contributed by atoms with Crippen molar-refractivity contribution in [2.24, 2.45) is 0 Å². The topological polar surface area (TPSA) is 3.24 Å². The predicted octanol–water partition coefficient (Wildman–Crippen LogP) is 1.28. The zero-order valence-electron chi connectivity index (χ0n) is 8.78. The van der Waals surface area contributed by atoms with Gasteiger partial charge in [-0.15, -0.1) is 0 Å². The fraction of sp³-hybridized carbons (Fsp3) is 1.00. The first kappa shape index (κ1) is 11.2. The van der Waals surface area contributed by atoms with E-state index in [0.29, 0.717) is 5.04 Å². The van der Waals surface area contributed by atoms with Gasteiger partial charge in [0.1, 0.15) is 0 Å². The Morgan fingerprint density at radius 3 is 2.09 bits per heavy atom. The minimum absolute atomic E-state index is 0.659. The van der Waals surface area contributed by atoms with E-state index in [4.69, 9.17) is 0 Å². The molecular formula is C9H23NSi. The monoisotopic (exact) mass is 173 g/mol. The number of hydrogen-bond donors (Lipinski definition) is 0. The van der Waals surface area contributed by atoms with E-state index in [9.17, 15) is 0 Å². The van der Waals surface area contributed by atoms with Crippen molar-refractivity contribution in [1.82, 2.24) is 4.90 Å². The second-order valence-electron chi connectivity index (χ2n) is 4.82. The van der Waals surface area contributed by atoms with E-state index in [1.165, 1.54) is 36.0 Å². The summed E-state index contributed by atoms with van der Waals surface area (Å²) in [7, 11) is 5.62. The van der Waals surface area contributed by atoms with E-state index in [-0.39, 0.29) is 0 Å². The van der Waals surface area contributed by atoms with Crippen LogP contribution in [0.2, 0.25) is 5.04 Å². The summed E-state index contributed by atoms with van der Waals surface area (Å²) in [5, 5.41) is 0.659. The summed E-state index contributed by atoms with van der Waals surface area (Å²) < 4.78 is 0. The maximum Gasteiger partial charge on any atom is 0.00994 e. The molecule has 0 saturated carbocycles. The van der Waals surface area contributed by atoms with E-state index in [1.54, 1.807) is 0 Å². The van der Waals surface area contributed by atoms with Crippen LogP contribution >= 0.6 is 0 Å². The molecule has 0 radical (unpaired) electrons. The van der Waals surface area contributed by atoms with Gasteiger partial charge in [0.25, 0.3) is 0 Å². The molecule has 0 N–H and O–H groups in total. The number of unbranched alkanes of at least 4 members (excludes halogenated alkanes) is 1. The highest BCUT2D eigenvalue weighted by Gasteiger charge is 2.08. The molecule has 0 aromatic rings. The molecule has 0 aliphatic rings. The minimum Gasteiger partial charge on any atom is -0.309 e. The normalized spacial score (nSPS) is 12.8. The van der Waals surface area contributed by atoms with E-state index >= 15 is 0 Å². The molecule has 0 rings (SSSR count). The first-order valence-corrected chi connectivity index (χ1v) is 5.56. The van der Waals surface area contributed by atoms with Crippen LogP contribution in [-0.4, -0.2) is 35.8 Å². The predicted molar refractivity (Wildman–Crippen MR) is 56.4 cm³/mol. The Kier molecular flexibility index (Phi) is 5.02. The second-order valence-corrected chi connectivity index (χ2v) is 7.53. The Morgan fingerprint density at radius 2 is 1.73 bits per heavy atom. The van der Waals surface area contributed by atoms with Gasteiger partial charge in [0.2, 0.25) is 0 Å². The van der Waals surface area contributed by atoms with Gasteiger partial charge in [-0.3, -0.25) is 0 Å². The molecule has 0 amide bonds. The van der Waals surface area contributed by atoms with Crippen molar-refractivity contribution in [3.63, 3.8) is 0 Å². The molecular weight excluding hydrogens is 150 g/mol. The highest BCUT2D eigenvalue weighted by atomic mass is 28.1. The Balaban J connectivity index is 3.15. The van der Waals surface area contributed by atoms with Crippen LogP contribution < -0.4 is 0 Å². The molecule has 68 valence electrons. The van der Waals surface area contributed by atoms with Crippen LogP contribution in [0.1, 0.15) is 33.1 Å². The first-order valence-electron chi connectivity index (χ1n) is 4.56. The summed E-state index contributed by atoms with van der Waals surface area (Å²) in [5.41, 5.74) is 0. The van der Waals surface area contributed by atoms with Gasteiger partial charge in [-0.1, -0.05) is 26.7 Å². The summed E-state index contributed by atoms with van der Waals surface area (Å²) >= 11 is 0. The van der Waals surface area contributed by atoms with Crippen molar-refractivity contribution in [2.75, 3.05) is 20.6 Å². The van der Waals surface area contributed by atoms with Gasteiger partial charge < -0.3 is 4.90 Å². The fourth-order valence-corrected chi connectivity index (χ4v) is 1.44. The molecule has 1 nitrogen and oxygen atoms in total. The third-order valence-electron chi connectivity index (χ3n) is 1.78. The second kappa shape index (κ2) is 4.94. The van der Waals surface area contributed by atoms with Crippen LogP contribution in [0.25, 0.3) is 0 Å². The van der Waals surface area contributed by atoms with Crippen LogP contribution in [0.15, 0.2) is 0 Å². The summed E-state index contributed by atoms with van der Waals surface area (Å²) in [6.45, 7) is 5.99. The molecule has 0 aromatic carbocycles. The largest absolute Gasteiger partial charge is 0.309 e. The van der Waals surface area contributed by atoms with Crippen molar-refractivity contribution in [1.29, 1.82) is 0 Å². The zero-order valence-corrected chi connectivity index (χ0v) is 10.8. The molecule has 0 unspecified atom stereocenters. The summed E-state index contributed by atoms with van der Waals surface area (Å²) in [6, 6.07) is 0. The Morgan fingerprint density at radius 1 is 1.18 bits per heavy atom. The lowest BCUT2D eigenvalue weighted by atomic mass is 10.1. The Bertz CT molecular complexity index is 94.2. The van der Waals surface area contributed by atoms with Gasteiger partial charge in [-0.25, -0.2) is 0 Å². The molecule has 2 heteroatoms. The quantitative estimate of drug-likeness (QED) is 0.447. The third kappa shape index (κ3) is 10.2. The molecule has 0 heterocycles. The van der Waals surface area contributed by atoms with Crippen LogP contribution in [-0.2, 0) is 0 Å². The van der Waals surface area contributed by atoms with Crippen molar-refractivity contribution in [3.8, 4) is 0 Å². The molecule has 0 aromatic heterocycles. The van der Waals surface area contributed by atoms with Gasteiger partial charge >= 0.3 is 0 Å². The van der Waals surface area contributed by atoms with Crippen molar-refractivity contribution >= 4 is 10.2 Å². The molecule has 11 heavy (non-hydrogen) atoms. The van der Waals surface area contributed by atoms with Crippen LogP contribution in [0.3, 0.4) is 0 Å². The lowest BCUT2D eigenvalue weighted by molar-refractivity contribution is 0.385. The highest BCUT2D eigenvalue weighted by molar-refractivity contribution is 6.14. The molecule has 0 spiro atoms. The van der Waals surface area contributed by atoms with Gasteiger partial charge in [0, 0.05) is 10.2 Å². The molecule has 0 bridgehead atoms. The maximum absolute atomic E-state index is 2.37. The molecule has 0 aliphatic carbocycles.